The van der Waals surface area contributed by atoms with Gasteiger partial charge in [-0.1, -0.05) is 51.4 Å². The van der Waals surface area contributed by atoms with E-state index in [1.807, 2.05) is 20.8 Å². The topological polar surface area (TPSA) is 26.0 Å². The second-order valence-corrected chi connectivity index (χ2v) is 3.48. The van der Waals surface area contributed by atoms with Gasteiger partial charge in [0.1, 0.15) is 11.8 Å². The highest BCUT2D eigenvalue weighted by molar-refractivity contribution is 5.83. The Bertz CT molecular complexity index is 368. The average molecular weight is 221 g/mol. The molecule has 0 radical (unpaired) electrons. The Morgan fingerprint density at radius 2 is 1.56 bits per heavy atom. The third kappa shape index (κ3) is 3.69. The molecular formula is C14H23NO. The normalized spacial score (nSPS) is 8.88. The molecule has 0 amide bonds. The lowest BCUT2D eigenvalue weighted by molar-refractivity contribution is 0.428. The summed E-state index contributed by atoms with van der Waals surface area (Å²) in [5.74, 6) is 0. The van der Waals surface area contributed by atoms with E-state index in [0.29, 0.717) is 0 Å². The van der Waals surface area contributed by atoms with Crippen molar-refractivity contribution in [1.29, 1.82) is 0 Å². The van der Waals surface area contributed by atoms with Gasteiger partial charge in [-0.2, -0.15) is 0 Å². The van der Waals surface area contributed by atoms with Crippen LogP contribution < -0.4 is 0 Å². The summed E-state index contributed by atoms with van der Waals surface area (Å²) < 4.78 is 4.88. The maximum absolute atomic E-state index is 4.88. The fraction of sp³-hybridized carbons (Fsp3) is 0.500. The van der Waals surface area contributed by atoms with Crippen molar-refractivity contribution in [3.63, 3.8) is 0 Å². The minimum Gasteiger partial charge on any atom is -0.363 e. The molecule has 0 N–H and O–H groups in total. The van der Waals surface area contributed by atoms with Crippen LogP contribution in [0.5, 0.6) is 0 Å². The molecule has 1 aromatic heterocycles. The molecular weight excluding hydrogens is 198 g/mol. The Morgan fingerprint density at radius 3 is 2.06 bits per heavy atom. The number of benzene rings is 1. The molecule has 90 valence electrons. The van der Waals surface area contributed by atoms with Gasteiger partial charge in [0.15, 0.2) is 0 Å². The molecule has 2 heteroatoms. The molecule has 2 nitrogen and oxygen atoms in total. The van der Waals surface area contributed by atoms with Crippen LogP contribution in [0.15, 0.2) is 22.9 Å². The third-order valence-corrected chi connectivity index (χ3v) is 1.95. The predicted octanol–water partition coefficient (Wildman–Crippen LogP) is 4.89. The molecule has 0 atom stereocenters. The zero-order valence-corrected chi connectivity index (χ0v) is 11.3. The second kappa shape index (κ2) is 7.91. The number of rotatable bonds is 0. The Hall–Kier alpha value is -1.31. The molecule has 0 saturated heterocycles. The molecule has 0 aliphatic heterocycles. The van der Waals surface area contributed by atoms with Gasteiger partial charge in [0.05, 0.1) is 0 Å². The van der Waals surface area contributed by atoms with Crippen LogP contribution in [-0.2, 0) is 0 Å². The van der Waals surface area contributed by atoms with Crippen LogP contribution in [0.4, 0.5) is 0 Å². The first kappa shape index (κ1) is 14.7. The molecule has 2 rings (SSSR count). The van der Waals surface area contributed by atoms with E-state index in [4.69, 9.17) is 4.52 Å². The second-order valence-electron chi connectivity index (χ2n) is 3.48. The Labute approximate surface area is 98.6 Å². The van der Waals surface area contributed by atoms with Gasteiger partial charge in [-0.15, -0.1) is 0 Å². The SMILES string of the molecule is CC.CCC.Cc1ccc(C)c2nocc12. The van der Waals surface area contributed by atoms with Crippen LogP contribution in [0.1, 0.15) is 45.2 Å². The lowest BCUT2D eigenvalue weighted by Gasteiger charge is -1.94. The zero-order chi connectivity index (χ0) is 12.6. The molecule has 16 heavy (non-hydrogen) atoms. The van der Waals surface area contributed by atoms with Gasteiger partial charge in [0.25, 0.3) is 0 Å². The number of hydrogen-bond acceptors (Lipinski definition) is 2. The van der Waals surface area contributed by atoms with Gasteiger partial charge in [-0.05, 0) is 25.0 Å². The quantitative estimate of drug-likeness (QED) is 0.633. The zero-order valence-electron chi connectivity index (χ0n) is 11.3. The summed E-state index contributed by atoms with van der Waals surface area (Å²) in [4.78, 5) is 0. The number of fused-ring (bicyclic) bond motifs is 1. The monoisotopic (exact) mass is 221 g/mol. The van der Waals surface area contributed by atoms with Crippen LogP contribution in [0.25, 0.3) is 10.9 Å². The summed E-state index contributed by atoms with van der Waals surface area (Å²) in [5, 5.41) is 5.02. The minimum absolute atomic E-state index is 0.977. The minimum atomic E-state index is 0.977. The van der Waals surface area contributed by atoms with Gasteiger partial charge in [-0.25, -0.2) is 0 Å². The number of hydrogen-bond donors (Lipinski definition) is 0. The lowest BCUT2D eigenvalue weighted by Crippen LogP contribution is -1.78. The van der Waals surface area contributed by atoms with Gasteiger partial charge in [0, 0.05) is 5.39 Å². The van der Waals surface area contributed by atoms with Crippen molar-refractivity contribution in [3.8, 4) is 0 Å². The largest absolute Gasteiger partial charge is 0.363 e. The van der Waals surface area contributed by atoms with Gasteiger partial charge < -0.3 is 4.52 Å². The fourth-order valence-electron chi connectivity index (χ4n) is 1.22. The smallest absolute Gasteiger partial charge is 0.131 e. The summed E-state index contributed by atoms with van der Waals surface area (Å²) >= 11 is 0. The van der Waals surface area contributed by atoms with Crippen molar-refractivity contribution in [2.75, 3.05) is 0 Å². The van der Waals surface area contributed by atoms with Gasteiger partial charge >= 0.3 is 0 Å². The van der Waals surface area contributed by atoms with Crippen molar-refractivity contribution in [2.24, 2.45) is 0 Å². The summed E-state index contributed by atoms with van der Waals surface area (Å²) in [6, 6.07) is 4.13. The number of aryl methyl sites for hydroxylation is 2. The Balaban J connectivity index is 0.000000394. The fourth-order valence-corrected chi connectivity index (χ4v) is 1.22. The molecule has 0 unspecified atom stereocenters. The predicted molar refractivity (Wildman–Crippen MR) is 70.8 cm³/mol. The van der Waals surface area contributed by atoms with Crippen molar-refractivity contribution >= 4 is 10.9 Å². The molecule has 0 fully saturated rings. The van der Waals surface area contributed by atoms with Crippen LogP contribution in [0.3, 0.4) is 0 Å². The first-order valence-corrected chi connectivity index (χ1v) is 6.01. The van der Waals surface area contributed by atoms with Crippen LogP contribution in [0.2, 0.25) is 0 Å². The van der Waals surface area contributed by atoms with Crippen LogP contribution in [0, 0.1) is 13.8 Å². The Morgan fingerprint density at radius 1 is 1.06 bits per heavy atom. The summed E-state index contributed by atoms with van der Waals surface area (Å²) in [7, 11) is 0. The van der Waals surface area contributed by atoms with Crippen molar-refractivity contribution < 1.29 is 4.52 Å². The van der Waals surface area contributed by atoms with Crippen molar-refractivity contribution in [2.45, 2.75) is 48.0 Å². The van der Waals surface area contributed by atoms with Crippen molar-refractivity contribution in [1.82, 2.24) is 5.16 Å². The maximum Gasteiger partial charge on any atom is 0.131 e. The van der Waals surface area contributed by atoms with E-state index in [0.717, 1.165) is 10.9 Å². The van der Waals surface area contributed by atoms with E-state index in [1.54, 1.807) is 6.26 Å². The van der Waals surface area contributed by atoms with E-state index in [9.17, 15) is 0 Å². The Kier molecular flexibility index (Phi) is 7.27. The average Bonchev–Trinajstić information content (AvgIpc) is 2.78. The van der Waals surface area contributed by atoms with E-state index in [-0.39, 0.29) is 0 Å². The standard InChI is InChI=1S/C9H9NO.C3H8.C2H6/c1-6-3-4-7(2)9-8(6)5-11-10-9;1-3-2;1-2/h3-5H,1-2H3;3H2,1-2H3;1-2H3. The van der Waals surface area contributed by atoms with Gasteiger partial charge in [0.2, 0.25) is 0 Å². The number of aromatic nitrogens is 1. The number of nitrogens with zero attached hydrogens (tertiary/aromatic N) is 1. The summed E-state index contributed by atoms with van der Waals surface area (Å²) in [5.41, 5.74) is 3.36. The molecule has 0 bridgehead atoms. The van der Waals surface area contributed by atoms with Gasteiger partial charge in [-0.3, -0.25) is 0 Å². The first-order chi connectivity index (χ1) is 7.70. The highest BCUT2D eigenvalue weighted by Gasteiger charge is 2.02. The van der Waals surface area contributed by atoms with E-state index in [1.165, 1.54) is 17.5 Å². The van der Waals surface area contributed by atoms with E-state index >= 15 is 0 Å². The highest BCUT2D eigenvalue weighted by Crippen LogP contribution is 2.19. The molecule has 0 aliphatic carbocycles. The molecule has 2 aromatic rings. The third-order valence-electron chi connectivity index (χ3n) is 1.95. The first-order valence-electron chi connectivity index (χ1n) is 6.01. The highest BCUT2D eigenvalue weighted by atomic mass is 16.5. The van der Waals surface area contributed by atoms with Crippen LogP contribution in [-0.4, -0.2) is 5.16 Å². The molecule has 0 aliphatic rings. The molecule has 1 heterocycles. The lowest BCUT2D eigenvalue weighted by atomic mass is 10.1. The van der Waals surface area contributed by atoms with Crippen LogP contribution >= 0.6 is 0 Å². The molecule has 0 spiro atoms. The molecule has 0 saturated carbocycles. The summed E-state index contributed by atoms with van der Waals surface area (Å²) in [6.45, 7) is 12.3. The maximum atomic E-state index is 4.88. The molecule has 1 aromatic carbocycles. The summed E-state index contributed by atoms with van der Waals surface area (Å²) in [6.07, 6.45) is 2.94. The van der Waals surface area contributed by atoms with E-state index in [2.05, 4.69) is 38.1 Å². The van der Waals surface area contributed by atoms with Crippen molar-refractivity contribution in [3.05, 3.63) is 29.5 Å². The van der Waals surface area contributed by atoms with E-state index < -0.39 is 0 Å².